The fourth-order valence-electron chi connectivity index (χ4n) is 11.8. The van der Waals surface area contributed by atoms with Crippen LogP contribution >= 0.6 is 0 Å². The number of ether oxygens (including phenoxy) is 4. The highest BCUT2D eigenvalue weighted by Gasteiger charge is 2.76. The zero-order valence-corrected chi connectivity index (χ0v) is 43.7. The number of morpholine rings is 2. The number of urea groups is 1. The minimum atomic E-state index is -2.22. The number of rotatable bonds is 13. The van der Waals surface area contributed by atoms with Crippen molar-refractivity contribution in [1.82, 2.24) is 25.2 Å². The molecule has 3 N–H and O–H groups in total. The Morgan fingerprint density at radius 2 is 1.53 bits per heavy atom. The van der Waals surface area contributed by atoms with Crippen LogP contribution in [-0.2, 0) is 45.3 Å². The number of nitrogens with one attached hydrogen (secondary N) is 2. The van der Waals surface area contributed by atoms with E-state index in [1.165, 1.54) is 7.11 Å². The molecule has 4 aliphatic heterocycles. The predicted octanol–water partition coefficient (Wildman–Crippen LogP) is 6.90. The summed E-state index contributed by atoms with van der Waals surface area (Å²) in [7, 11) is 1.21. The van der Waals surface area contributed by atoms with Gasteiger partial charge in [-0.1, -0.05) is 122 Å². The highest BCUT2D eigenvalue weighted by Crippen LogP contribution is 2.66. The average molecular weight is 1060 g/mol. The number of hydrogen-bond acceptors (Lipinski definition) is 14. The van der Waals surface area contributed by atoms with Crippen molar-refractivity contribution in [3.63, 3.8) is 0 Å². The summed E-state index contributed by atoms with van der Waals surface area (Å²) in [5.74, 6) is 1.43. The van der Waals surface area contributed by atoms with Crippen LogP contribution < -0.4 is 25.2 Å². The summed E-state index contributed by atoms with van der Waals surface area (Å²) >= 11 is 0. The number of carbonyl (C=O) groups is 5. The normalized spacial score (nSPS) is 21.9. The molecule has 18 nitrogen and oxygen atoms in total. The maximum absolute atomic E-state index is 17.0. The third-order valence-corrected chi connectivity index (χ3v) is 15.3. The van der Waals surface area contributed by atoms with Gasteiger partial charge in [0.25, 0.3) is 0 Å². The van der Waals surface area contributed by atoms with Crippen molar-refractivity contribution < 1.29 is 48.0 Å². The summed E-state index contributed by atoms with van der Waals surface area (Å²) in [5, 5.41) is 24.8. The average Bonchev–Trinajstić information content (AvgIpc) is 2.23. The van der Waals surface area contributed by atoms with Gasteiger partial charge in [0.05, 0.1) is 56.1 Å². The lowest BCUT2D eigenvalue weighted by atomic mass is 9.65. The summed E-state index contributed by atoms with van der Waals surface area (Å²) < 4.78 is 25.5. The largest absolute Gasteiger partial charge is 0.491 e. The Balaban J connectivity index is 1.17. The minimum absolute atomic E-state index is 0.0817. The number of aliphatic hydroxyl groups excluding tert-OH is 1. The van der Waals surface area contributed by atoms with Gasteiger partial charge in [-0.2, -0.15) is 0 Å². The Bertz CT molecular complexity index is 3490. The van der Waals surface area contributed by atoms with E-state index in [4.69, 9.17) is 18.9 Å². The molecule has 18 heteroatoms. The molecule has 11 rings (SSSR count). The molecule has 4 aliphatic rings. The van der Waals surface area contributed by atoms with Crippen molar-refractivity contribution >= 4 is 57.9 Å². The molecular weight excluding hydrogens is 1000 g/mol. The van der Waals surface area contributed by atoms with Crippen LogP contribution in [0.25, 0.3) is 11.0 Å². The van der Waals surface area contributed by atoms with Crippen LogP contribution in [0.5, 0.6) is 5.75 Å². The van der Waals surface area contributed by atoms with Gasteiger partial charge in [-0.15, -0.1) is 5.10 Å². The van der Waals surface area contributed by atoms with Crippen LogP contribution in [0.2, 0.25) is 0 Å². The van der Waals surface area contributed by atoms with Gasteiger partial charge in [-0.3, -0.25) is 19.3 Å². The molecule has 1 spiro atoms. The third-order valence-electron chi connectivity index (χ3n) is 15.3. The number of aromatic nitrogens is 3. The number of hydrogen-bond donors (Lipinski definition) is 3. The van der Waals surface area contributed by atoms with Gasteiger partial charge < -0.3 is 39.6 Å². The van der Waals surface area contributed by atoms with Gasteiger partial charge in [0, 0.05) is 35.6 Å². The monoisotopic (exact) mass is 1060 g/mol. The molecule has 7 aromatic rings. The third kappa shape index (κ3) is 9.49. The van der Waals surface area contributed by atoms with Crippen LogP contribution in [0.1, 0.15) is 59.9 Å². The maximum atomic E-state index is 17.0. The van der Waals surface area contributed by atoms with E-state index in [0.29, 0.717) is 59.8 Å². The number of cyclic esters (lactones) is 1. The zero-order valence-electron chi connectivity index (χ0n) is 43.7. The molecule has 4 amide bonds. The van der Waals surface area contributed by atoms with E-state index in [-0.39, 0.29) is 36.8 Å². The van der Waals surface area contributed by atoms with Gasteiger partial charge >= 0.3 is 18.0 Å². The molecule has 3 fully saturated rings. The van der Waals surface area contributed by atoms with Crippen molar-refractivity contribution in [1.29, 1.82) is 0 Å². The number of amides is 4. The van der Waals surface area contributed by atoms with E-state index >= 15 is 19.2 Å². The molecule has 0 bridgehead atoms. The first-order valence-electron chi connectivity index (χ1n) is 26.3. The first-order valence-corrected chi connectivity index (χ1v) is 26.3. The Hall–Kier alpha value is -8.89. The van der Waals surface area contributed by atoms with Gasteiger partial charge in [-0.05, 0) is 83.3 Å². The highest BCUT2D eigenvalue weighted by atomic mass is 16.6. The summed E-state index contributed by atoms with van der Waals surface area (Å²) in [5.41, 5.74) is 2.94. The molecule has 3 saturated heterocycles. The van der Waals surface area contributed by atoms with Crippen molar-refractivity contribution in [2.45, 2.75) is 56.1 Å². The van der Waals surface area contributed by atoms with Crippen molar-refractivity contribution in [3.8, 4) is 17.6 Å². The summed E-state index contributed by atoms with van der Waals surface area (Å²) in [6.45, 7) is 5.59. The fourth-order valence-corrected chi connectivity index (χ4v) is 11.8. The van der Waals surface area contributed by atoms with Crippen molar-refractivity contribution in [2.24, 2.45) is 11.8 Å². The lowest BCUT2D eigenvalue weighted by molar-refractivity contribution is -0.178. The summed E-state index contributed by atoms with van der Waals surface area (Å²) in [6, 6.07) is 39.6. The highest BCUT2D eigenvalue weighted by molar-refractivity contribution is 6.25. The summed E-state index contributed by atoms with van der Waals surface area (Å²) in [6.07, 6.45) is -1.00. The van der Waals surface area contributed by atoms with E-state index in [1.54, 1.807) is 73.1 Å². The number of carbonyl (C=O) groups excluding carboxylic acids is 5. The van der Waals surface area contributed by atoms with Gasteiger partial charge in [-0.25, -0.2) is 19.2 Å². The second kappa shape index (κ2) is 22.2. The molecule has 402 valence electrons. The van der Waals surface area contributed by atoms with Crippen LogP contribution in [0.15, 0.2) is 152 Å². The molecule has 79 heavy (non-hydrogen) atoms. The lowest BCUT2D eigenvalue weighted by Gasteiger charge is -2.46. The van der Waals surface area contributed by atoms with Gasteiger partial charge in [0.15, 0.2) is 0 Å². The summed E-state index contributed by atoms with van der Waals surface area (Å²) in [4.78, 5) is 82.8. The molecule has 0 saturated carbocycles. The second-order valence-corrected chi connectivity index (χ2v) is 20.1. The smallest absolute Gasteiger partial charge is 0.329 e. The zero-order chi connectivity index (χ0) is 54.8. The number of benzene rings is 6. The standard InChI is InChI=1S/C61H58N8O10/c1-38(2)51(57(72)76-3)63-60(75)68-47-29-24-39(15-14-30-67-48-22-12-11-21-46(48)64-65-67)37-45(47)61(59(68)74)50(56(71)62-42-25-27-43(28-26-42)66-31-34-77-35-32-66)53-58(73)79-54(41-18-8-5-9-19-41)52(40-16-6-4-7-17-40)69(53)55(61)44-20-10-13-23-49(44)78-36-33-70/h4-13,16-29,37-38,50-55,70H,30-36H2,1-3H3,(H,62,71)(H,63,75)/t50-,51+,52-,53-,54+,55+,61-/m1/s1. The SMILES string of the molecule is COC(=O)[C@@H](NC(=O)N1C(=O)[C@@]2(c3cc(C#CCn4nnc5ccccc54)ccc31)[C@H](c1ccccc1OCCO)N1[C@H](c3ccccc3)[C@H](c3ccccc3)OC(=O)[C@H]1[C@@H]2C(=O)Nc1ccc(N2CCOCC2)cc1)C(C)C. The van der Waals surface area contributed by atoms with E-state index in [1.807, 2.05) is 102 Å². The number of para-hydroxylation sites is 2. The van der Waals surface area contributed by atoms with Crippen LogP contribution in [-0.4, -0.2) is 113 Å². The van der Waals surface area contributed by atoms with Gasteiger partial charge in [0.1, 0.15) is 48.0 Å². The molecule has 5 heterocycles. The van der Waals surface area contributed by atoms with E-state index in [0.717, 1.165) is 16.1 Å². The number of esters is 2. The molecule has 7 atom stereocenters. The van der Waals surface area contributed by atoms with Crippen molar-refractivity contribution in [2.75, 3.05) is 61.7 Å². The first kappa shape index (κ1) is 52.2. The Morgan fingerprint density at radius 1 is 0.835 bits per heavy atom. The number of aliphatic hydroxyl groups is 1. The number of nitrogens with zero attached hydrogens (tertiary/aromatic N) is 6. The van der Waals surface area contributed by atoms with E-state index in [2.05, 4.69) is 37.7 Å². The van der Waals surface area contributed by atoms with Crippen LogP contribution in [0, 0.1) is 23.7 Å². The topological polar surface area (TPSA) is 207 Å². The molecular formula is C61H58N8O10. The maximum Gasteiger partial charge on any atom is 0.329 e. The quantitative estimate of drug-likeness (QED) is 0.0794. The number of anilines is 3. The number of methoxy groups -OCH3 is 1. The predicted molar refractivity (Wildman–Crippen MR) is 293 cm³/mol. The minimum Gasteiger partial charge on any atom is -0.491 e. The molecule has 0 radical (unpaired) electrons. The number of imide groups is 1. The Kier molecular flexibility index (Phi) is 14.7. The van der Waals surface area contributed by atoms with Crippen LogP contribution in [0.4, 0.5) is 21.9 Å². The molecule has 0 unspecified atom stereocenters. The Morgan fingerprint density at radius 3 is 2.25 bits per heavy atom. The molecule has 6 aromatic carbocycles. The second-order valence-electron chi connectivity index (χ2n) is 20.1. The molecule has 0 aliphatic carbocycles. The van der Waals surface area contributed by atoms with E-state index < -0.39 is 77.3 Å². The first-order chi connectivity index (χ1) is 38.5. The lowest BCUT2D eigenvalue weighted by Crippen LogP contribution is -2.57. The van der Waals surface area contributed by atoms with E-state index in [9.17, 15) is 9.90 Å². The fraction of sp³-hybridized carbons (Fsp3) is 0.295. The number of fused-ring (bicyclic) bond motifs is 4. The molecule has 1 aromatic heterocycles. The van der Waals surface area contributed by atoms with Gasteiger partial charge in [0.2, 0.25) is 11.8 Å². The van der Waals surface area contributed by atoms with Crippen LogP contribution in [0.3, 0.4) is 0 Å². The van der Waals surface area contributed by atoms with Crippen molar-refractivity contribution in [3.05, 3.63) is 179 Å². The Labute approximate surface area is 456 Å².